The molecule has 0 radical (unpaired) electrons. The summed E-state index contributed by atoms with van der Waals surface area (Å²) in [4.78, 5) is 11.9. The number of methoxy groups -OCH3 is 2. The molecule has 4 heteroatoms. The highest BCUT2D eigenvalue weighted by molar-refractivity contribution is 6.30. The van der Waals surface area contributed by atoms with Gasteiger partial charge >= 0.3 is 0 Å². The van der Waals surface area contributed by atoms with E-state index in [1.54, 1.807) is 7.11 Å². The zero-order valence-corrected chi connectivity index (χ0v) is 12.8. The summed E-state index contributed by atoms with van der Waals surface area (Å²) in [5.41, 5.74) is 3.66. The average Bonchev–Trinajstić information content (AvgIpc) is 2.49. The van der Waals surface area contributed by atoms with Crippen molar-refractivity contribution in [3.8, 4) is 11.1 Å². The summed E-state index contributed by atoms with van der Waals surface area (Å²) in [6, 6.07) is 13.2. The molecular weight excluding hydrogens is 288 g/mol. The van der Waals surface area contributed by atoms with Gasteiger partial charge in [-0.05, 0) is 34.9 Å². The van der Waals surface area contributed by atoms with Crippen LogP contribution in [0.2, 0.25) is 5.02 Å². The van der Waals surface area contributed by atoms with Crippen molar-refractivity contribution in [1.82, 2.24) is 0 Å². The standard InChI is InChI=1S/C17H17ClO3/c1-20-10-14-9-13(17(19)11-21-2)5-8-16(14)12-3-6-15(18)7-4-12/h3-9H,10-11H2,1-2H3. The summed E-state index contributed by atoms with van der Waals surface area (Å²) in [5, 5.41) is 0.693. The van der Waals surface area contributed by atoms with E-state index < -0.39 is 0 Å². The van der Waals surface area contributed by atoms with Gasteiger partial charge in [0, 0.05) is 24.8 Å². The molecule has 21 heavy (non-hydrogen) atoms. The molecule has 0 aliphatic heterocycles. The highest BCUT2D eigenvalue weighted by atomic mass is 35.5. The van der Waals surface area contributed by atoms with Gasteiger partial charge in [0.25, 0.3) is 0 Å². The molecule has 110 valence electrons. The molecule has 0 spiro atoms. The topological polar surface area (TPSA) is 35.5 Å². The van der Waals surface area contributed by atoms with Crippen molar-refractivity contribution in [2.45, 2.75) is 6.61 Å². The Balaban J connectivity index is 2.41. The van der Waals surface area contributed by atoms with Gasteiger partial charge in [-0.3, -0.25) is 4.79 Å². The summed E-state index contributed by atoms with van der Waals surface area (Å²) >= 11 is 5.92. The number of hydrogen-bond donors (Lipinski definition) is 0. The van der Waals surface area contributed by atoms with E-state index in [1.165, 1.54) is 7.11 Å². The summed E-state index contributed by atoms with van der Waals surface area (Å²) in [7, 11) is 3.14. The second-order valence-corrected chi connectivity index (χ2v) is 5.10. The molecule has 0 aliphatic rings. The molecule has 0 N–H and O–H groups in total. The summed E-state index contributed by atoms with van der Waals surface area (Å²) < 4.78 is 10.1. The molecule has 0 aromatic heterocycles. The summed E-state index contributed by atoms with van der Waals surface area (Å²) in [6.07, 6.45) is 0. The fourth-order valence-electron chi connectivity index (χ4n) is 2.17. The van der Waals surface area contributed by atoms with Crippen molar-refractivity contribution in [2.24, 2.45) is 0 Å². The van der Waals surface area contributed by atoms with Crippen molar-refractivity contribution >= 4 is 17.4 Å². The van der Waals surface area contributed by atoms with Crippen LogP contribution in [0.5, 0.6) is 0 Å². The first-order valence-electron chi connectivity index (χ1n) is 6.55. The number of hydrogen-bond acceptors (Lipinski definition) is 3. The Bertz CT molecular complexity index is 620. The van der Waals surface area contributed by atoms with Gasteiger partial charge in [0.2, 0.25) is 0 Å². The average molecular weight is 305 g/mol. The van der Waals surface area contributed by atoms with Crippen LogP contribution in [0, 0.1) is 0 Å². The summed E-state index contributed by atoms with van der Waals surface area (Å²) in [5.74, 6) is -0.0440. The zero-order valence-electron chi connectivity index (χ0n) is 12.1. The van der Waals surface area contributed by atoms with Crippen molar-refractivity contribution in [3.63, 3.8) is 0 Å². The van der Waals surface area contributed by atoms with Crippen molar-refractivity contribution in [3.05, 3.63) is 58.6 Å². The first-order valence-corrected chi connectivity index (χ1v) is 6.93. The predicted octanol–water partition coefficient (Wildman–Crippen LogP) is 3.98. The van der Waals surface area contributed by atoms with E-state index in [2.05, 4.69) is 0 Å². The Morgan fingerprint density at radius 2 is 1.76 bits per heavy atom. The lowest BCUT2D eigenvalue weighted by atomic mass is 9.96. The lowest BCUT2D eigenvalue weighted by Gasteiger charge is -2.11. The molecule has 0 saturated heterocycles. The molecule has 2 aromatic rings. The van der Waals surface area contributed by atoms with Crippen LogP contribution in [0.15, 0.2) is 42.5 Å². The van der Waals surface area contributed by atoms with Gasteiger partial charge in [-0.15, -0.1) is 0 Å². The van der Waals surface area contributed by atoms with Crippen LogP contribution in [0.1, 0.15) is 15.9 Å². The number of carbonyl (C=O) groups excluding carboxylic acids is 1. The van der Waals surface area contributed by atoms with Crippen molar-refractivity contribution in [2.75, 3.05) is 20.8 Å². The van der Waals surface area contributed by atoms with Gasteiger partial charge in [0.15, 0.2) is 5.78 Å². The molecule has 0 saturated carbocycles. The van der Waals surface area contributed by atoms with Crippen LogP contribution in [0.25, 0.3) is 11.1 Å². The minimum atomic E-state index is -0.0440. The first-order chi connectivity index (χ1) is 10.2. The largest absolute Gasteiger partial charge is 0.380 e. The number of Topliss-reactive ketones (excluding diaryl/α,β-unsaturated/α-hetero) is 1. The number of benzene rings is 2. The van der Waals surface area contributed by atoms with Crippen molar-refractivity contribution in [1.29, 1.82) is 0 Å². The molecule has 0 fully saturated rings. The Hall–Kier alpha value is -1.68. The maximum Gasteiger partial charge on any atom is 0.188 e. The third-order valence-corrected chi connectivity index (χ3v) is 3.41. The Morgan fingerprint density at radius 3 is 2.38 bits per heavy atom. The molecule has 2 rings (SSSR count). The van der Waals surface area contributed by atoms with Crippen LogP contribution in [0.3, 0.4) is 0 Å². The first kappa shape index (κ1) is 15.7. The van der Waals surface area contributed by atoms with E-state index in [-0.39, 0.29) is 12.4 Å². The number of ether oxygens (including phenoxy) is 2. The van der Waals surface area contributed by atoms with Crippen molar-refractivity contribution < 1.29 is 14.3 Å². The third-order valence-electron chi connectivity index (χ3n) is 3.16. The lowest BCUT2D eigenvalue weighted by Crippen LogP contribution is -2.08. The van der Waals surface area contributed by atoms with Gasteiger partial charge in [-0.25, -0.2) is 0 Å². The number of ketones is 1. The van der Waals surface area contributed by atoms with Crippen LogP contribution in [-0.2, 0) is 16.1 Å². The minimum absolute atomic E-state index is 0.0440. The quantitative estimate of drug-likeness (QED) is 0.757. The maximum atomic E-state index is 11.9. The normalized spacial score (nSPS) is 10.6. The second kappa shape index (κ2) is 7.36. The van der Waals surface area contributed by atoms with Crippen LogP contribution in [0.4, 0.5) is 0 Å². The molecule has 0 unspecified atom stereocenters. The molecule has 0 bridgehead atoms. The Labute approximate surface area is 129 Å². The lowest BCUT2D eigenvalue weighted by molar-refractivity contribution is 0.0847. The molecule has 2 aromatic carbocycles. The minimum Gasteiger partial charge on any atom is -0.380 e. The van der Waals surface area contributed by atoms with E-state index in [0.29, 0.717) is 17.2 Å². The van der Waals surface area contributed by atoms with E-state index in [4.69, 9.17) is 21.1 Å². The Morgan fingerprint density at radius 1 is 1.05 bits per heavy atom. The van der Waals surface area contributed by atoms with Crippen LogP contribution in [-0.4, -0.2) is 26.6 Å². The van der Waals surface area contributed by atoms with Gasteiger partial charge in [-0.1, -0.05) is 35.9 Å². The fraction of sp³-hybridized carbons (Fsp3) is 0.235. The molecule has 0 amide bonds. The van der Waals surface area contributed by atoms with E-state index >= 15 is 0 Å². The third kappa shape index (κ3) is 3.91. The molecule has 0 atom stereocenters. The smallest absolute Gasteiger partial charge is 0.188 e. The van der Waals surface area contributed by atoms with Gasteiger partial charge in [0.1, 0.15) is 6.61 Å². The second-order valence-electron chi connectivity index (χ2n) is 4.67. The number of carbonyl (C=O) groups is 1. The van der Waals surface area contributed by atoms with E-state index in [9.17, 15) is 4.79 Å². The van der Waals surface area contributed by atoms with Gasteiger partial charge in [0.05, 0.1) is 6.61 Å². The number of halogens is 1. The van der Waals surface area contributed by atoms with Gasteiger partial charge < -0.3 is 9.47 Å². The monoisotopic (exact) mass is 304 g/mol. The van der Waals surface area contributed by atoms with E-state index in [0.717, 1.165) is 16.7 Å². The predicted molar refractivity (Wildman–Crippen MR) is 83.8 cm³/mol. The molecule has 0 aliphatic carbocycles. The highest BCUT2D eigenvalue weighted by Crippen LogP contribution is 2.27. The SMILES string of the molecule is COCC(=O)c1ccc(-c2ccc(Cl)cc2)c(COC)c1. The number of rotatable bonds is 6. The molecule has 0 heterocycles. The highest BCUT2D eigenvalue weighted by Gasteiger charge is 2.11. The fourth-order valence-corrected chi connectivity index (χ4v) is 2.29. The van der Waals surface area contributed by atoms with Crippen LogP contribution >= 0.6 is 11.6 Å². The summed E-state index contributed by atoms with van der Waals surface area (Å²) in [6.45, 7) is 0.513. The molecule has 3 nitrogen and oxygen atoms in total. The van der Waals surface area contributed by atoms with E-state index in [1.807, 2.05) is 42.5 Å². The maximum absolute atomic E-state index is 11.9. The zero-order chi connectivity index (χ0) is 15.2. The Kier molecular flexibility index (Phi) is 5.51. The molecular formula is C17H17ClO3. The van der Waals surface area contributed by atoms with Gasteiger partial charge in [-0.2, -0.15) is 0 Å². The van der Waals surface area contributed by atoms with Crippen LogP contribution < -0.4 is 0 Å².